The summed E-state index contributed by atoms with van der Waals surface area (Å²) in [5.41, 5.74) is 5.91. The molecule has 0 saturated carbocycles. The van der Waals surface area contributed by atoms with Crippen LogP contribution in [0.1, 0.15) is 54.4 Å². The second kappa shape index (κ2) is 8.38. The van der Waals surface area contributed by atoms with Gasteiger partial charge in [-0.1, -0.05) is 49.4 Å². The van der Waals surface area contributed by atoms with Gasteiger partial charge in [-0.05, 0) is 59.3 Å². The average molecular weight is 435 g/mol. The predicted molar refractivity (Wildman–Crippen MR) is 120 cm³/mol. The van der Waals surface area contributed by atoms with Gasteiger partial charge in [0.25, 0.3) is 0 Å². The molecule has 0 saturated heterocycles. The Kier molecular flexibility index (Phi) is 5.56. The minimum atomic E-state index is -0.281. The Morgan fingerprint density at radius 3 is 2.78 bits per heavy atom. The Hall–Kier alpha value is -2.63. The van der Waals surface area contributed by atoms with E-state index in [9.17, 15) is 15.0 Å². The summed E-state index contributed by atoms with van der Waals surface area (Å²) in [4.78, 5) is 12.1. The Bertz CT molecular complexity index is 1060. The summed E-state index contributed by atoms with van der Waals surface area (Å²) in [6.45, 7) is 3.40. The first-order chi connectivity index (χ1) is 15.5. The summed E-state index contributed by atoms with van der Waals surface area (Å²) in [7, 11) is 0. The molecular weight excluding hydrogens is 404 g/mol. The van der Waals surface area contributed by atoms with Gasteiger partial charge in [0.15, 0.2) is 0 Å². The van der Waals surface area contributed by atoms with E-state index in [4.69, 9.17) is 9.47 Å². The van der Waals surface area contributed by atoms with Crippen LogP contribution >= 0.6 is 0 Å². The maximum absolute atomic E-state index is 12.1. The number of cyclic esters (lactones) is 1. The monoisotopic (exact) mass is 434 g/mol. The molecule has 0 aromatic heterocycles. The topological polar surface area (TPSA) is 76.0 Å². The third kappa shape index (κ3) is 3.44. The molecular formula is C27H30O5. The third-order valence-corrected chi connectivity index (χ3v) is 7.78. The maximum atomic E-state index is 12.1. The van der Waals surface area contributed by atoms with Crippen LogP contribution in [0.5, 0.6) is 5.75 Å². The van der Waals surface area contributed by atoms with Gasteiger partial charge in [-0.25, -0.2) is 4.79 Å². The minimum Gasteiger partial charge on any atom is -0.507 e. The lowest BCUT2D eigenvalue weighted by atomic mass is 9.56. The van der Waals surface area contributed by atoms with E-state index in [0.29, 0.717) is 25.6 Å². The summed E-state index contributed by atoms with van der Waals surface area (Å²) in [6.07, 6.45) is 3.25. The van der Waals surface area contributed by atoms with Gasteiger partial charge in [0, 0.05) is 17.1 Å². The van der Waals surface area contributed by atoms with Gasteiger partial charge in [-0.15, -0.1) is 0 Å². The molecule has 1 heterocycles. The lowest BCUT2D eigenvalue weighted by Gasteiger charge is -2.46. The predicted octanol–water partition coefficient (Wildman–Crippen LogP) is 4.15. The number of carbonyl (C=O) groups excluding carboxylic acids is 1. The molecule has 0 amide bonds. The highest BCUT2D eigenvalue weighted by Crippen LogP contribution is 2.55. The lowest BCUT2D eigenvalue weighted by molar-refractivity contribution is -0.136. The highest BCUT2D eigenvalue weighted by atomic mass is 16.5. The van der Waals surface area contributed by atoms with Crippen molar-refractivity contribution in [2.45, 2.75) is 50.5 Å². The van der Waals surface area contributed by atoms with Gasteiger partial charge in [0.1, 0.15) is 12.4 Å². The van der Waals surface area contributed by atoms with Crippen molar-refractivity contribution in [2.24, 2.45) is 5.92 Å². The second-order valence-electron chi connectivity index (χ2n) is 9.50. The number of benzene rings is 2. The molecule has 0 radical (unpaired) electrons. The van der Waals surface area contributed by atoms with Gasteiger partial charge >= 0.3 is 5.97 Å². The van der Waals surface area contributed by atoms with Gasteiger partial charge in [0.2, 0.25) is 0 Å². The van der Waals surface area contributed by atoms with Gasteiger partial charge in [0.05, 0.1) is 19.8 Å². The van der Waals surface area contributed by atoms with E-state index in [1.54, 1.807) is 0 Å². The minimum absolute atomic E-state index is 0.0866. The molecule has 0 fully saturated rings. The molecule has 2 aromatic rings. The number of hydrogen-bond acceptors (Lipinski definition) is 5. The normalized spacial score (nSPS) is 25.1. The molecule has 2 aromatic carbocycles. The Morgan fingerprint density at radius 2 is 2.00 bits per heavy atom. The highest BCUT2D eigenvalue weighted by molar-refractivity contribution is 5.92. The van der Waals surface area contributed by atoms with Crippen molar-refractivity contribution >= 4 is 5.97 Å². The van der Waals surface area contributed by atoms with Crippen LogP contribution in [0.2, 0.25) is 0 Å². The molecule has 2 N–H and O–H groups in total. The molecule has 0 spiro atoms. The van der Waals surface area contributed by atoms with Gasteiger partial charge < -0.3 is 19.7 Å². The zero-order valence-corrected chi connectivity index (χ0v) is 18.5. The number of carbonyl (C=O) groups is 1. The fourth-order valence-electron chi connectivity index (χ4n) is 5.98. The maximum Gasteiger partial charge on any atom is 0.334 e. The summed E-state index contributed by atoms with van der Waals surface area (Å²) in [6, 6.07) is 14.0. The number of rotatable bonds is 6. The molecule has 1 aliphatic heterocycles. The Labute approximate surface area is 188 Å². The number of fused-ring (bicyclic) bond motifs is 4. The fourth-order valence-corrected chi connectivity index (χ4v) is 5.98. The van der Waals surface area contributed by atoms with Crippen LogP contribution in [-0.2, 0) is 32.7 Å². The lowest BCUT2D eigenvalue weighted by Crippen LogP contribution is -2.41. The Morgan fingerprint density at radius 1 is 1.19 bits per heavy atom. The van der Waals surface area contributed by atoms with Crippen LogP contribution in [0.15, 0.2) is 53.6 Å². The highest BCUT2D eigenvalue weighted by Gasteiger charge is 2.49. The number of phenols is 1. The number of aromatic hydroxyl groups is 1. The quantitative estimate of drug-likeness (QED) is 0.668. The molecule has 3 aliphatic rings. The molecule has 2 aliphatic carbocycles. The van der Waals surface area contributed by atoms with E-state index in [1.165, 1.54) is 11.1 Å². The van der Waals surface area contributed by atoms with E-state index < -0.39 is 0 Å². The van der Waals surface area contributed by atoms with Crippen molar-refractivity contribution in [3.63, 3.8) is 0 Å². The van der Waals surface area contributed by atoms with Crippen LogP contribution in [0.3, 0.4) is 0 Å². The van der Waals surface area contributed by atoms with Gasteiger partial charge in [-0.2, -0.15) is 0 Å². The SMILES string of the molecule is CC12CCC3=C(COC3=O)C1CCc1c2ccc(C(CO)COCc2ccccc2)c1O. The van der Waals surface area contributed by atoms with Crippen LogP contribution in [0, 0.1) is 5.92 Å². The Balaban J connectivity index is 1.39. The summed E-state index contributed by atoms with van der Waals surface area (Å²) >= 11 is 0. The van der Waals surface area contributed by atoms with E-state index in [1.807, 2.05) is 36.4 Å². The summed E-state index contributed by atoms with van der Waals surface area (Å²) in [5.74, 6) is 0.143. The van der Waals surface area contributed by atoms with Crippen LogP contribution in [0.4, 0.5) is 0 Å². The molecule has 5 heteroatoms. The zero-order valence-electron chi connectivity index (χ0n) is 18.5. The summed E-state index contributed by atoms with van der Waals surface area (Å²) in [5, 5.41) is 21.3. The van der Waals surface area contributed by atoms with Crippen molar-refractivity contribution in [1.29, 1.82) is 0 Å². The number of aliphatic hydroxyl groups is 1. The largest absolute Gasteiger partial charge is 0.507 e. The fraction of sp³-hybridized carbons (Fsp3) is 0.444. The number of aliphatic hydroxyl groups excluding tert-OH is 1. The number of ether oxygens (including phenoxy) is 2. The number of esters is 1. The molecule has 5 nitrogen and oxygen atoms in total. The standard InChI is InChI=1S/C27H30O5/c1-27-12-11-20-22(16-32-26(20)30)24(27)10-8-21-23(27)9-7-19(25(21)29)18(13-28)15-31-14-17-5-3-2-4-6-17/h2-7,9,18,24,28-29H,8,10-16H2,1H3. The molecule has 0 bridgehead atoms. The summed E-state index contributed by atoms with van der Waals surface area (Å²) < 4.78 is 11.2. The first-order valence-electron chi connectivity index (χ1n) is 11.5. The third-order valence-electron chi connectivity index (χ3n) is 7.78. The van der Waals surface area contributed by atoms with Crippen molar-refractivity contribution < 1.29 is 24.5 Å². The molecule has 5 rings (SSSR count). The first-order valence-corrected chi connectivity index (χ1v) is 11.5. The number of phenolic OH excluding ortho intramolecular Hbond substituents is 1. The van der Waals surface area contributed by atoms with Crippen LogP contribution in [0.25, 0.3) is 0 Å². The van der Waals surface area contributed by atoms with Crippen LogP contribution in [-0.4, -0.2) is 36.0 Å². The number of hydrogen-bond donors (Lipinski definition) is 2. The molecule has 3 unspecified atom stereocenters. The van der Waals surface area contributed by atoms with Gasteiger partial charge in [-0.3, -0.25) is 0 Å². The van der Waals surface area contributed by atoms with Crippen molar-refractivity contribution in [1.82, 2.24) is 0 Å². The van der Waals surface area contributed by atoms with Crippen LogP contribution < -0.4 is 0 Å². The van der Waals surface area contributed by atoms with E-state index in [0.717, 1.165) is 47.9 Å². The van der Waals surface area contributed by atoms with E-state index in [2.05, 4.69) is 13.0 Å². The molecule has 168 valence electrons. The van der Waals surface area contributed by atoms with Crippen molar-refractivity contribution in [3.8, 4) is 5.75 Å². The van der Waals surface area contributed by atoms with Crippen molar-refractivity contribution in [3.05, 3.63) is 75.9 Å². The average Bonchev–Trinajstić information content (AvgIpc) is 3.18. The van der Waals surface area contributed by atoms with E-state index in [-0.39, 0.29) is 29.8 Å². The van der Waals surface area contributed by atoms with Crippen molar-refractivity contribution in [2.75, 3.05) is 19.8 Å². The molecule has 3 atom stereocenters. The van der Waals surface area contributed by atoms with E-state index >= 15 is 0 Å². The smallest absolute Gasteiger partial charge is 0.334 e. The first kappa shape index (κ1) is 21.2. The molecule has 32 heavy (non-hydrogen) atoms. The second-order valence-corrected chi connectivity index (χ2v) is 9.50. The zero-order chi connectivity index (χ0) is 22.3.